The van der Waals surface area contributed by atoms with E-state index in [4.69, 9.17) is 0 Å². The van der Waals surface area contributed by atoms with E-state index in [2.05, 4.69) is 19.9 Å². The minimum absolute atomic E-state index is 0.185. The molecule has 6 aromatic rings. The Balaban J connectivity index is 1.58. The number of benzene rings is 3. The molecule has 0 saturated heterocycles. The number of carbonyl (C=O) groups is 2. The fourth-order valence-corrected chi connectivity index (χ4v) is 4.86. The number of para-hydroxylation sites is 2. The van der Waals surface area contributed by atoms with Crippen LogP contribution in [0.15, 0.2) is 115 Å². The molecule has 7 nitrogen and oxygen atoms in total. The third-order valence-corrected chi connectivity index (χ3v) is 6.89. The average Bonchev–Trinajstić information content (AvgIpc) is 3.00. The van der Waals surface area contributed by atoms with Crippen LogP contribution in [0.5, 0.6) is 0 Å². The number of anilines is 1. The lowest BCUT2D eigenvalue weighted by Crippen LogP contribution is -2.38. The van der Waals surface area contributed by atoms with Crippen molar-refractivity contribution < 1.29 is 9.59 Å². The number of hydrogen-bond acceptors (Lipinski definition) is 7. The van der Waals surface area contributed by atoms with E-state index in [9.17, 15) is 9.59 Å². The van der Waals surface area contributed by atoms with Gasteiger partial charge in [0.1, 0.15) is 5.82 Å². The van der Waals surface area contributed by atoms with Crippen molar-refractivity contribution in [1.82, 2.24) is 19.9 Å². The molecule has 8 heteroatoms. The quantitative estimate of drug-likeness (QED) is 0.145. The van der Waals surface area contributed by atoms with Gasteiger partial charge >= 0.3 is 0 Å². The average molecular weight is 528 g/mol. The standard InChI is InChI=1S/C31H21N5O2S/c1-39-31-34-27(20-9-3-2-4-10-20)19-28(35-31)36(29(37)23-15-17-32-25-13-7-5-11-21(23)25)30(38)24-16-18-33-26-14-8-6-12-22(24)26/h2-19H,1H3. The normalized spacial score (nSPS) is 11.0. The number of carbonyl (C=O) groups excluding carboxylic acids is 2. The number of rotatable bonds is 5. The maximum absolute atomic E-state index is 14.4. The van der Waals surface area contributed by atoms with Crippen LogP contribution in [0.3, 0.4) is 0 Å². The number of imide groups is 1. The van der Waals surface area contributed by atoms with Crippen LogP contribution in [0.2, 0.25) is 0 Å². The first-order chi connectivity index (χ1) is 19.1. The molecule has 3 aromatic heterocycles. The fraction of sp³-hybridized carbons (Fsp3) is 0.0323. The Labute approximate surface area is 228 Å². The highest BCUT2D eigenvalue weighted by atomic mass is 32.2. The molecule has 0 aliphatic carbocycles. The lowest BCUT2D eigenvalue weighted by atomic mass is 10.1. The van der Waals surface area contributed by atoms with Crippen LogP contribution < -0.4 is 4.90 Å². The molecule has 0 spiro atoms. The van der Waals surface area contributed by atoms with E-state index in [1.54, 1.807) is 30.6 Å². The zero-order valence-corrected chi connectivity index (χ0v) is 21.7. The van der Waals surface area contributed by atoms with Gasteiger partial charge < -0.3 is 0 Å². The van der Waals surface area contributed by atoms with E-state index in [0.29, 0.717) is 43.8 Å². The van der Waals surface area contributed by atoms with Gasteiger partial charge in [-0.3, -0.25) is 19.6 Å². The van der Waals surface area contributed by atoms with Crippen LogP contribution in [0.1, 0.15) is 20.7 Å². The maximum atomic E-state index is 14.4. The molecule has 0 saturated carbocycles. The first-order valence-corrected chi connectivity index (χ1v) is 13.4. The van der Waals surface area contributed by atoms with Crippen LogP contribution in [0, 0.1) is 0 Å². The van der Waals surface area contributed by atoms with Crippen molar-refractivity contribution in [1.29, 1.82) is 0 Å². The smallest absolute Gasteiger partial charge is 0.267 e. The van der Waals surface area contributed by atoms with E-state index >= 15 is 0 Å². The van der Waals surface area contributed by atoms with Crippen molar-refractivity contribution >= 4 is 51.2 Å². The summed E-state index contributed by atoms with van der Waals surface area (Å²) in [6, 6.07) is 29.2. The Kier molecular flexibility index (Phi) is 6.52. The Hall–Kier alpha value is -4.95. The highest BCUT2D eigenvalue weighted by Crippen LogP contribution is 2.29. The number of aromatic nitrogens is 4. The minimum Gasteiger partial charge on any atom is -0.268 e. The molecule has 0 aliphatic heterocycles. The van der Waals surface area contributed by atoms with Gasteiger partial charge in [0.05, 0.1) is 27.9 Å². The van der Waals surface area contributed by atoms with Crippen molar-refractivity contribution in [2.75, 3.05) is 11.2 Å². The maximum Gasteiger partial charge on any atom is 0.267 e. The monoisotopic (exact) mass is 527 g/mol. The number of amides is 2. The third-order valence-electron chi connectivity index (χ3n) is 6.34. The second-order valence-corrected chi connectivity index (χ2v) is 9.43. The third kappa shape index (κ3) is 4.62. The first-order valence-electron chi connectivity index (χ1n) is 12.2. The Morgan fingerprint density at radius 2 is 1.21 bits per heavy atom. The minimum atomic E-state index is -0.510. The van der Waals surface area contributed by atoms with Crippen LogP contribution in [0.25, 0.3) is 33.1 Å². The van der Waals surface area contributed by atoms with E-state index in [0.717, 1.165) is 10.5 Å². The second-order valence-electron chi connectivity index (χ2n) is 8.66. The lowest BCUT2D eigenvalue weighted by Gasteiger charge is -2.22. The second kappa shape index (κ2) is 10.4. The largest absolute Gasteiger partial charge is 0.268 e. The van der Waals surface area contributed by atoms with E-state index in [1.165, 1.54) is 11.8 Å². The van der Waals surface area contributed by atoms with Gasteiger partial charge in [0.15, 0.2) is 5.16 Å². The summed E-state index contributed by atoms with van der Waals surface area (Å²) in [6.45, 7) is 0. The van der Waals surface area contributed by atoms with Crippen LogP contribution in [-0.4, -0.2) is 38.0 Å². The Morgan fingerprint density at radius 1 is 0.667 bits per heavy atom. The molecule has 0 fully saturated rings. The van der Waals surface area contributed by atoms with Crippen LogP contribution >= 0.6 is 11.8 Å². The molecule has 188 valence electrons. The van der Waals surface area contributed by atoms with Gasteiger partial charge in [0, 0.05) is 34.8 Å². The topological polar surface area (TPSA) is 88.9 Å². The van der Waals surface area contributed by atoms with E-state index in [-0.39, 0.29) is 5.82 Å². The summed E-state index contributed by atoms with van der Waals surface area (Å²) >= 11 is 1.34. The molecule has 0 radical (unpaired) electrons. The van der Waals surface area contributed by atoms with Gasteiger partial charge in [-0.15, -0.1) is 0 Å². The molecule has 3 heterocycles. The molecule has 6 rings (SSSR count). The number of hydrogen-bond donors (Lipinski definition) is 0. The number of pyridine rings is 2. The molecule has 3 aromatic carbocycles. The van der Waals surface area contributed by atoms with Crippen molar-refractivity contribution in [3.8, 4) is 11.3 Å². The summed E-state index contributed by atoms with van der Waals surface area (Å²) in [6.07, 6.45) is 5.00. The molecule has 2 amide bonds. The van der Waals surface area contributed by atoms with E-state index < -0.39 is 11.8 Å². The zero-order valence-electron chi connectivity index (χ0n) is 20.9. The summed E-state index contributed by atoms with van der Waals surface area (Å²) in [4.78, 5) is 47.9. The van der Waals surface area contributed by atoms with Gasteiger partial charge in [-0.25, -0.2) is 14.9 Å². The van der Waals surface area contributed by atoms with Crippen LogP contribution in [-0.2, 0) is 0 Å². The van der Waals surface area contributed by atoms with Crippen molar-refractivity contribution in [3.05, 3.63) is 121 Å². The fourth-order valence-electron chi connectivity index (χ4n) is 4.48. The van der Waals surface area contributed by atoms with Crippen LogP contribution in [0.4, 0.5) is 5.82 Å². The molecule has 0 aliphatic rings. The Bertz CT molecular complexity index is 1760. The number of thioether (sulfide) groups is 1. The first kappa shape index (κ1) is 24.4. The lowest BCUT2D eigenvalue weighted by molar-refractivity contribution is 0.0898. The van der Waals surface area contributed by atoms with E-state index in [1.807, 2.05) is 85.1 Å². The number of fused-ring (bicyclic) bond motifs is 2. The summed E-state index contributed by atoms with van der Waals surface area (Å²) < 4.78 is 0. The van der Waals surface area contributed by atoms with Crippen molar-refractivity contribution in [2.45, 2.75) is 5.16 Å². The van der Waals surface area contributed by atoms with Gasteiger partial charge in [-0.2, -0.15) is 0 Å². The van der Waals surface area contributed by atoms with Crippen molar-refractivity contribution in [2.24, 2.45) is 0 Å². The predicted octanol–water partition coefficient (Wildman–Crippen LogP) is 6.45. The van der Waals surface area contributed by atoms with Gasteiger partial charge in [-0.1, -0.05) is 78.5 Å². The summed E-state index contributed by atoms with van der Waals surface area (Å²) in [5.41, 5.74) is 3.45. The molecule has 0 unspecified atom stereocenters. The molecule has 39 heavy (non-hydrogen) atoms. The van der Waals surface area contributed by atoms with Gasteiger partial charge in [0.25, 0.3) is 11.8 Å². The molecule has 0 atom stereocenters. The molecule has 0 bridgehead atoms. The zero-order chi connectivity index (χ0) is 26.8. The highest BCUT2D eigenvalue weighted by molar-refractivity contribution is 7.98. The predicted molar refractivity (Wildman–Crippen MR) is 154 cm³/mol. The summed E-state index contributed by atoms with van der Waals surface area (Å²) in [5.74, 6) is -0.835. The molecular formula is C31H21N5O2S. The van der Waals surface area contributed by atoms with Crippen molar-refractivity contribution in [3.63, 3.8) is 0 Å². The highest BCUT2D eigenvalue weighted by Gasteiger charge is 2.30. The summed E-state index contributed by atoms with van der Waals surface area (Å²) in [7, 11) is 0. The van der Waals surface area contributed by atoms with Gasteiger partial charge in [0.2, 0.25) is 0 Å². The summed E-state index contributed by atoms with van der Waals surface area (Å²) in [5, 5.41) is 1.73. The molecular weight excluding hydrogens is 506 g/mol. The van der Waals surface area contributed by atoms with Gasteiger partial charge in [-0.05, 0) is 30.5 Å². The number of nitrogens with zero attached hydrogens (tertiary/aromatic N) is 5. The SMILES string of the molecule is CSc1nc(-c2ccccc2)cc(N(C(=O)c2ccnc3ccccc23)C(=O)c2ccnc3ccccc23)n1. The molecule has 0 N–H and O–H groups in total. The Morgan fingerprint density at radius 3 is 1.77 bits per heavy atom.